The highest BCUT2D eigenvalue weighted by molar-refractivity contribution is 5.93. The second-order valence-electron chi connectivity index (χ2n) is 7.65. The lowest BCUT2D eigenvalue weighted by Crippen LogP contribution is -2.46. The minimum atomic E-state index is -0.414. The maximum absolute atomic E-state index is 12.8. The molecule has 0 aliphatic rings. The Hall–Kier alpha value is -2.66. The van der Waals surface area contributed by atoms with Crippen LogP contribution in [0.3, 0.4) is 0 Å². The zero-order chi connectivity index (χ0) is 21.4. The van der Waals surface area contributed by atoms with Crippen LogP contribution < -0.4 is 10.6 Å². The largest absolute Gasteiger partial charge is 0.348 e. The van der Waals surface area contributed by atoms with Crippen molar-refractivity contribution in [2.45, 2.75) is 52.6 Å². The van der Waals surface area contributed by atoms with E-state index in [0.717, 1.165) is 35.2 Å². The third-order valence-corrected chi connectivity index (χ3v) is 5.41. The van der Waals surface area contributed by atoms with Crippen LogP contribution in [0.1, 0.15) is 49.4 Å². The number of hydrogen-bond acceptors (Lipinski definition) is 3. The Balaban J connectivity index is 1.95. The molecule has 0 saturated heterocycles. The van der Waals surface area contributed by atoms with Crippen LogP contribution >= 0.6 is 0 Å². The first kappa shape index (κ1) is 22.6. The molecule has 0 radical (unpaired) electrons. The van der Waals surface area contributed by atoms with Gasteiger partial charge in [-0.2, -0.15) is 0 Å². The van der Waals surface area contributed by atoms with Gasteiger partial charge in [-0.3, -0.25) is 14.5 Å². The lowest BCUT2D eigenvalue weighted by Gasteiger charge is -2.26. The number of benzene rings is 2. The topological polar surface area (TPSA) is 61.4 Å². The lowest BCUT2D eigenvalue weighted by atomic mass is 10.0. The zero-order valence-electron chi connectivity index (χ0n) is 18.2. The maximum atomic E-state index is 12.8. The average Bonchev–Trinajstić information content (AvgIpc) is 2.71. The molecule has 156 valence electrons. The van der Waals surface area contributed by atoms with Crippen LogP contribution in [0.4, 0.5) is 5.69 Å². The Labute approximate surface area is 174 Å². The summed E-state index contributed by atoms with van der Waals surface area (Å²) in [7, 11) is 1.80. The molecule has 2 aromatic rings. The van der Waals surface area contributed by atoms with E-state index in [0.29, 0.717) is 0 Å². The third kappa shape index (κ3) is 6.43. The molecule has 0 aliphatic carbocycles. The highest BCUT2D eigenvalue weighted by Crippen LogP contribution is 2.19. The molecule has 0 bridgehead atoms. The molecule has 5 nitrogen and oxygen atoms in total. The van der Waals surface area contributed by atoms with E-state index in [4.69, 9.17) is 0 Å². The van der Waals surface area contributed by atoms with Gasteiger partial charge in [-0.15, -0.1) is 0 Å². The van der Waals surface area contributed by atoms with Crippen LogP contribution in [0.2, 0.25) is 0 Å². The number of hydrogen-bond donors (Lipinski definition) is 2. The van der Waals surface area contributed by atoms with E-state index in [1.165, 1.54) is 0 Å². The second kappa shape index (κ2) is 10.8. The van der Waals surface area contributed by atoms with Crippen LogP contribution in [-0.4, -0.2) is 36.3 Å². The van der Waals surface area contributed by atoms with Crippen molar-refractivity contribution < 1.29 is 9.59 Å². The first-order chi connectivity index (χ1) is 13.8. The molecule has 2 amide bonds. The van der Waals surface area contributed by atoms with E-state index in [-0.39, 0.29) is 24.4 Å². The fourth-order valence-corrected chi connectivity index (χ4v) is 3.23. The first-order valence-corrected chi connectivity index (χ1v) is 10.2. The minimum absolute atomic E-state index is 0.0201. The van der Waals surface area contributed by atoms with Gasteiger partial charge in [0.2, 0.25) is 11.8 Å². The number of carbonyl (C=O) groups excluding carboxylic acids is 2. The molecule has 29 heavy (non-hydrogen) atoms. The summed E-state index contributed by atoms with van der Waals surface area (Å²) >= 11 is 0. The average molecular weight is 396 g/mol. The van der Waals surface area contributed by atoms with Gasteiger partial charge in [-0.1, -0.05) is 55.8 Å². The highest BCUT2D eigenvalue weighted by atomic mass is 16.2. The molecule has 0 heterocycles. The van der Waals surface area contributed by atoms with E-state index >= 15 is 0 Å². The number of likely N-dealkylation sites (N-methyl/N-ethyl adjacent to an activating group) is 1. The minimum Gasteiger partial charge on any atom is -0.348 e. The summed E-state index contributed by atoms with van der Waals surface area (Å²) in [6.45, 7) is 8.08. The van der Waals surface area contributed by atoms with Crippen molar-refractivity contribution in [1.29, 1.82) is 0 Å². The van der Waals surface area contributed by atoms with Gasteiger partial charge in [0.05, 0.1) is 18.6 Å². The number of nitrogens with zero attached hydrogens (tertiary/aromatic N) is 1. The summed E-state index contributed by atoms with van der Waals surface area (Å²) in [5.74, 6) is -0.205. The quantitative estimate of drug-likeness (QED) is 0.668. The van der Waals surface area contributed by atoms with Crippen LogP contribution in [0.25, 0.3) is 0 Å². The summed E-state index contributed by atoms with van der Waals surface area (Å²) in [5, 5.41) is 6.09. The van der Waals surface area contributed by atoms with Gasteiger partial charge in [0, 0.05) is 5.69 Å². The fraction of sp³-hybridized carbons (Fsp3) is 0.417. The molecule has 0 unspecified atom stereocenters. The number of carbonyl (C=O) groups is 2. The van der Waals surface area contributed by atoms with Crippen LogP contribution in [0, 0.1) is 13.8 Å². The van der Waals surface area contributed by atoms with Gasteiger partial charge >= 0.3 is 0 Å². The van der Waals surface area contributed by atoms with Crippen molar-refractivity contribution in [3.05, 3.63) is 65.2 Å². The predicted octanol–water partition coefficient (Wildman–Crippen LogP) is 4.22. The zero-order valence-corrected chi connectivity index (χ0v) is 18.2. The first-order valence-electron chi connectivity index (χ1n) is 10.2. The number of anilines is 1. The van der Waals surface area contributed by atoms with E-state index in [1.807, 2.05) is 69.3 Å². The molecule has 2 rings (SSSR count). The summed E-state index contributed by atoms with van der Waals surface area (Å²) < 4.78 is 0. The SMILES string of the molecule is CCC[C@@H](NC(=O)[C@@H](C)N(C)CC(=O)Nc1cccc(C)c1C)c1ccccc1. The molecule has 0 spiro atoms. The Kier molecular flexibility index (Phi) is 8.40. The molecule has 0 saturated carbocycles. The Morgan fingerprint density at radius 1 is 1.03 bits per heavy atom. The van der Waals surface area contributed by atoms with E-state index in [1.54, 1.807) is 11.9 Å². The maximum Gasteiger partial charge on any atom is 0.238 e. The Morgan fingerprint density at radius 3 is 2.38 bits per heavy atom. The Bertz CT molecular complexity index is 820. The molecule has 5 heteroatoms. The van der Waals surface area contributed by atoms with Crippen molar-refractivity contribution in [2.24, 2.45) is 0 Å². The molecule has 0 fully saturated rings. The summed E-state index contributed by atoms with van der Waals surface area (Å²) in [5.41, 5.74) is 4.10. The van der Waals surface area contributed by atoms with Crippen molar-refractivity contribution in [3.8, 4) is 0 Å². The second-order valence-corrected chi connectivity index (χ2v) is 7.65. The van der Waals surface area contributed by atoms with Gasteiger partial charge in [-0.25, -0.2) is 0 Å². The van der Waals surface area contributed by atoms with Crippen molar-refractivity contribution >= 4 is 17.5 Å². The number of rotatable bonds is 9. The number of nitrogens with one attached hydrogen (secondary N) is 2. The Morgan fingerprint density at radius 2 is 1.72 bits per heavy atom. The molecular weight excluding hydrogens is 362 g/mol. The molecule has 2 atom stereocenters. The number of amides is 2. The van der Waals surface area contributed by atoms with Crippen molar-refractivity contribution in [2.75, 3.05) is 18.9 Å². The molecule has 2 N–H and O–H groups in total. The summed E-state index contributed by atoms with van der Waals surface area (Å²) in [6.07, 6.45) is 1.85. The normalized spacial score (nSPS) is 13.0. The fourth-order valence-electron chi connectivity index (χ4n) is 3.23. The van der Waals surface area contributed by atoms with Gasteiger partial charge in [0.15, 0.2) is 0 Å². The van der Waals surface area contributed by atoms with Crippen LogP contribution in [0.15, 0.2) is 48.5 Å². The van der Waals surface area contributed by atoms with E-state index in [9.17, 15) is 9.59 Å². The lowest BCUT2D eigenvalue weighted by molar-refractivity contribution is -0.127. The predicted molar refractivity (Wildman–Crippen MR) is 119 cm³/mol. The molecule has 0 aliphatic heterocycles. The van der Waals surface area contributed by atoms with Gasteiger partial charge in [0.1, 0.15) is 0 Å². The molecule has 2 aromatic carbocycles. The third-order valence-electron chi connectivity index (χ3n) is 5.41. The van der Waals surface area contributed by atoms with Gasteiger partial charge in [-0.05, 0) is 57.0 Å². The van der Waals surface area contributed by atoms with Gasteiger partial charge < -0.3 is 10.6 Å². The number of aryl methyl sites for hydroxylation is 1. The highest BCUT2D eigenvalue weighted by Gasteiger charge is 2.23. The molecule has 0 aromatic heterocycles. The molecular formula is C24H33N3O2. The van der Waals surface area contributed by atoms with Crippen LogP contribution in [-0.2, 0) is 9.59 Å². The van der Waals surface area contributed by atoms with E-state index in [2.05, 4.69) is 17.6 Å². The van der Waals surface area contributed by atoms with E-state index < -0.39 is 6.04 Å². The smallest absolute Gasteiger partial charge is 0.238 e. The van der Waals surface area contributed by atoms with Gasteiger partial charge in [0.25, 0.3) is 0 Å². The van der Waals surface area contributed by atoms with Crippen LogP contribution in [0.5, 0.6) is 0 Å². The van der Waals surface area contributed by atoms with Crippen molar-refractivity contribution in [1.82, 2.24) is 10.2 Å². The standard InChI is InChI=1S/C24H33N3O2/c1-6-11-22(20-13-8-7-9-14-20)26-24(29)19(4)27(5)16-23(28)25-21-15-10-12-17(2)18(21)3/h7-10,12-15,19,22H,6,11,16H2,1-5H3,(H,25,28)(H,26,29)/t19-,22-/m1/s1. The summed E-state index contributed by atoms with van der Waals surface area (Å²) in [6, 6.07) is 15.4. The van der Waals surface area contributed by atoms with Crippen molar-refractivity contribution in [3.63, 3.8) is 0 Å². The monoisotopic (exact) mass is 395 g/mol. The summed E-state index contributed by atoms with van der Waals surface area (Å²) in [4.78, 5) is 27.0.